The Morgan fingerprint density at radius 3 is 1.95 bits per heavy atom. The van der Waals surface area contributed by atoms with Gasteiger partial charge in [-0.05, 0) is 55.5 Å². The largest absolute Gasteiger partial charge is 0.299 e. The van der Waals surface area contributed by atoms with Crippen LogP contribution in [0.2, 0.25) is 10.0 Å². The minimum absolute atomic E-state index is 0.0257. The molecule has 0 bridgehead atoms. The van der Waals surface area contributed by atoms with Crippen LogP contribution in [-0.2, 0) is 4.79 Å². The SMILES string of the molecule is CC(=O)C(CC(=O)c1ccc(Cl)cc1)Sc1ccc(Cl)cc1. The van der Waals surface area contributed by atoms with Crippen molar-refractivity contribution in [2.45, 2.75) is 23.5 Å². The Morgan fingerprint density at radius 1 is 0.955 bits per heavy atom. The number of halogens is 2. The van der Waals surface area contributed by atoms with Gasteiger partial charge in [0.15, 0.2) is 5.78 Å². The normalized spacial score (nSPS) is 12.0. The van der Waals surface area contributed by atoms with Crippen molar-refractivity contribution in [2.24, 2.45) is 0 Å². The van der Waals surface area contributed by atoms with Crippen molar-refractivity contribution in [1.29, 1.82) is 0 Å². The first-order valence-electron chi connectivity index (χ1n) is 6.67. The molecule has 2 rings (SSSR count). The average molecular weight is 353 g/mol. The van der Waals surface area contributed by atoms with Gasteiger partial charge in [0.1, 0.15) is 5.78 Å². The Morgan fingerprint density at radius 2 is 1.45 bits per heavy atom. The molecule has 0 aliphatic heterocycles. The van der Waals surface area contributed by atoms with Gasteiger partial charge in [-0.2, -0.15) is 0 Å². The molecule has 0 aromatic heterocycles. The van der Waals surface area contributed by atoms with E-state index in [-0.39, 0.29) is 18.0 Å². The fourth-order valence-electron chi connectivity index (χ4n) is 1.87. The van der Waals surface area contributed by atoms with Crippen LogP contribution in [0, 0.1) is 0 Å². The van der Waals surface area contributed by atoms with E-state index in [9.17, 15) is 9.59 Å². The predicted octanol–water partition coefficient (Wildman–Crippen LogP) is 5.32. The molecule has 22 heavy (non-hydrogen) atoms. The number of carbonyl (C=O) groups is 2. The molecular weight excluding hydrogens is 339 g/mol. The number of rotatable bonds is 6. The summed E-state index contributed by atoms with van der Waals surface area (Å²) in [5.41, 5.74) is 0.562. The second-order valence-electron chi connectivity index (χ2n) is 4.81. The lowest BCUT2D eigenvalue weighted by Crippen LogP contribution is -2.18. The summed E-state index contributed by atoms with van der Waals surface area (Å²) in [5.74, 6) is -0.0967. The Hall–Kier alpha value is -1.29. The van der Waals surface area contributed by atoms with Crippen molar-refractivity contribution < 1.29 is 9.59 Å². The van der Waals surface area contributed by atoms with Crippen LogP contribution in [0.25, 0.3) is 0 Å². The fraction of sp³-hybridized carbons (Fsp3) is 0.176. The Balaban J connectivity index is 2.08. The van der Waals surface area contributed by atoms with Crippen molar-refractivity contribution in [3.8, 4) is 0 Å². The van der Waals surface area contributed by atoms with E-state index in [0.717, 1.165) is 4.90 Å². The molecule has 0 saturated heterocycles. The molecule has 1 unspecified atom stereocenters. The molecule has 2 aromatic carbocycles. The van der Waals surface area contributed by atoms with E-state index in [1.807, 2.05) is 12.1 Å². The highest BCUT2D eigenvalue weighted by Crippen LogP contribution is 2.28. The maximum atomic E-state index is 12.3. The van der Waals surface area contributed by atoms with Crippen LogP contribution < -0.4 is 0 Å². The summed E-state index contributed by atoms with van der Waals surface area (Å²) in [7, 11) is 0. The smallest absolute Gasteiger partial charge is 0.164 e. The Kier molecular flexibility index (Phi) is 6.07. The number of benzene rings is 2. The summed E-state index contributed by atoms with van der Waals surface area (Å²) >= 11 is 13.0. The first-order valence-corrected chi connectivity index (χ1v) is 8.30. The third-order valence-corrected chi connectivity index (χ3v) is 4.91. The van der Waals surface area contributed by atoms with Crippen LogP contribution in [0.3, 0.4) is 0 Å². The summed E-state index contributed by atoms with van der Waals surface area (Å²) < 4.78 is 0. The summed E-state index contributed by atoms with van der Waals surface area (Å²) in [6.07, 6.45) is 0.157. The minimum Gasteiger partial charge on any atom is -0.299 e. The molecule has 0 aliphatic rings. The summed E-state index contributed by atoms with van der Waals surface area (Å²) in [6, 6.07) is 13.9. The van der Waals surface area contributed by atoms with Crippen LogP contribution in [0.1, 0.15) is 23.7 Å². The van der Waals surface area contributed by atoms with E-state index < -0.39 is 5.25 Å². The van der Waals surface area contributed by atoms with E-state index in [0.29, 0.717) is 15.6 Å². The fourth-order valence-corrected chi connectivity index (χ4v) is 3.14. The lowest BCUT2D eigenvalue weighted by molar-refractivity contribution is -0.116. The Bertz CT molecular complexity index is 666. The number of hydrogen-bond donors (Lipinski definition) is 0. The number of thioether (sulfide) groups is 1. The van der Waals surface area contributed by atoms with Gasteiger partial charge in [0.05, 0.1) is 5.25 Å². The number of carbonyl (C=O) groups excluding carboxylic acids is 2. The van der Waals surface area contributed by atoms with Gasteiger partial charge < -0.3 is 0 Å². The lowest BCUT2D eigenvalue weighted by Gasteiger charge is -2.13. The van der Waals surface area contributed by atoms with Crippen LogP contribution in [0.4, 0.5) is 0 Å². The third-order valence-electron chi connectivity index (χ3n) is 3.08. The molecule has 5 heteroatoms. The molecule has 2 nitrogen and oxygen atoms in total. The van der Waals surface area contributed by atoms with Gasteiger partial charge in [0, 0.05) is 26.9 Å². The molecule has 0 saturated carbocycles. The molecular formula is C17H14Cl2O2S. The average Bonchev–Trinajstić information content (AvgIpc) is 2.49. The van der Waals surface area contributed by atoms with Crippen molar-refractivity contribution in [2.75, 3.05) is 0 Å². The van der Waals surface area contributed by atoms with Gasteiger partial charge >= 0.3 is 0 Å². The topological polar surface area (TPSA) is 34.1 Å². The molecule has 114 valence electrons. The van der Waals surface area contributed by atoms with E-state index >= 15 is 0 Å². The quantitative estimate of drug-likeness (QED) is 0.521. The molecule has 0 spiro atoms. The second-order valence-corrected chi connectivity index (χ2v) is 6.95. The zero-order valence-corrected chi connectivity index (χ0v) is 14.2. The first kappa shape index (κ1) is 17.1. The van der Waals surface area contributed by atoms with E-state index in [2.05, 4.69) is 0 Å². The van der Waals surface area contributed by atoms with Crippen molar-refractivity contribution >= 4 is 46.5 Å². The number of Topliss-reactive ketones (excluding diaryl/α,β-unsaturated/α-hetero) is 2. The molecule has 0 heterocycles. The summed E-state index contributed by atoms with van der Waals surface area (Å²) in [4.78, 5) is 25.0. The molecule has 1 atom stereocenters. The van der Waals surface area contributed by atoms with Crippen LogP contribution in [0.15, 0.2) is 53.4 Å². The summed E-state index contributed by atoms with van der Waals surface area (Å²) in [5, 5.41) is 0.806. The van der Waals surface area contributed by atoms with E-state index in [1.54, 1.807) is 36.4 Å². The van der Waals surface area contributed by atoms with Gasteiger partial charge in [-0.15, -0.1) is 11.8 Å². The zero-order chi connectivity index (χ0) is 16.1. The molecule has 0 aliphatic carbocycles. The second kappa shape index (κ2) is 7.82. The van der Waals surface area contributed by atoms with Crippen molar-refractivity contribution in [1.82, 2.24) is 0 Å². The van der Waals surface area contributed by atoms with Gasteiger partial charge in [-0.1, -0.05) is 23.2 Å². The highest BCUT2D eigenvalue weighted by Gasteiger charge is 2.20. The first-order chi connectivity index (χ1) is 10.5. The number of hydrogen-bond acceptors (Lipinski definition) is 3. The standard InChI is InChI=1S/C17H14Cl2O2S/c1-11(20)17(22-15-8-6-14(19)7-9-15)10-16(21)12-2-4-13(18)5-3-12/h2-9,17H,10H2,1H3. The van der Waals surface area contributed by atoms with Crippen molar-refractivity contribution in [3.05, 3.63) is 64.1 Å². The highest BCUT2D eigenvalue weighted by molar-refractivity contribution is 8.00. The van der Waals surface area contributed by atoms with E-state index in [1.165, 1.54) is 18.7 Å². The third kappa shape index (κ3) is 4.87. The molecule has 0 fully saturated rings. The predicted molar refractivity (Wildman–Crippen MR) is 92.2 cm³/mol. The van der Waals surface area contributed by atoms with Gasteiger partial charge in [-0.25, -0.2) is 0 Å². The maximum Gasteiger partial charge on any atom is 0.164 e. The lowest BCUT2D eigenvalue weighted by atomic mass is 10.1. The van der Waals surface area contributed by atoms with E-state index in [4.69, 9.17) is 23.2 Å². The van der Waals surface area contributed by atoms with Crippen LogP contribution >= 0.6 is 35.0 Å². The van der Waals surface area contributed by atoms with Gasteiger partial charge in [-0.3, -0.25) is 9.59 Å². The van der Waals surface area contributed by atoms with Gasteiger partial charge in [0.2, 0.25) is 0 Å². The van der Waals surface area contributed by atoms with Crippen LogP contribution in [-0.4, -0.2) is 16.8 Å². The molecule has 0 N–H and O–H groups in total. The highest BCUT2D eigenvalue weighted by atomic mass is 35.5. The number of ketones is 2. The van der Waals surface area contributed by atoms with Crippen LogP contribution in [0.5, 0.6) is 0 Å². The summed E-state index contributed by atoms with van der Waals surface area (Å²) in [6.45, 7) is 1.50. The molecule has 0 radical (unpaired) electrons. The van der Waals surface area contributed by atoms with Gasteiger partial charge in [0.25, 0.3) is 0 Å². The van der Waals surface area contributed by atoms with Crippen molar-refractivity contribution in [3.63, 3.8) is 0 Å². The zero-order valence-electron chi connectivity index (χ0n) is 11.9. The monoisotopic (exact) mass is 352 g/mol. The molecule has 0 amide bonds. The Labute approximate surface area is 143 Å². The molecule has 2 aromatic rings. The minimum atomic E-state index is -0.413. The maximum absolute atomic E-state index is 12.3.